The number of nitrogens with zero attached hydrogens (tertiary/aromatic N) is 2. The van der Waals surface area contributed by atoms with E-state index in [1.165, 1.54) is 71.2 Å². The number of rotatable bonds is 7. The Morgan fingerprint density at radius 3 is 1.65 bits per heavy atom. The van der Waals surface area contributed by atoms with E-state index >= 15 is 0 Å². The Kier molecular flexibility index (Phi) is 8.53. The second-order valence-corrected chi connectivity index (χ2v) is 16.9. The summed E-state index contributed by atoms with van der Waals surface area (Å²) in [6, 6.07) is 87.8. The third-order valence-electron chi connectivity index (χ3n) is 13.1. The van der Waals surface area contributed by atoms with Gasteiger partial charge in [-0.2, -0.15) is 0 Å². The summed E-state index contributed by atoms with van der Waals surface area (Å²) in [4.78, 5) is 2.38. The highest BCUT2D eigenvalue weighted by molar-refractivity contribution is 6.15. The van der Waals surface area contributed by atoms with Crippen LogP contribution in [0.25, 0.3) is 104 Å². The Balaban J connectivity index is 0.897. The van der Waals surface area contributed by atoms with Gasteiger partial charge in [0.1, 0.15) is 11.2 Å². The summed E-state index contributed by atoms with van der Waals surface area (Å²) in [5.41, 5.74) is 15.7. The first-order valence-electron chi connectivity index (χ1n) is 22.2. The highest BCUT2D eigenvalue weighted by atomic mass is 16.3. The third-order valence-corrected chi connectivity index (χ3v) is 13.1. The lowest BCUT2D eigenvalue weighted by atomic mass is 9.95. The van der Waals surface area contributed by atoms with Gasteiger partial charge >= 0.3 is 0 Å². The van der Waals surface area contributed by atoms with Crippen molar-refractivity contribution in [3.05, 3.63) is 243 Å². The minimum Gasteiger partial charge on any atom is -0.456 e. The minimum atomic E-state index is 0.910. The Labute approximate surface area is 376 Å². The molecule has 0 amide bonds. The van der Waals surface area contributed by atoms with Gasteiger partial charge < -0.3 is 13.9 Å². The molecule has 2 heterocycles. The predicted molar refractivity (Wildman–Crippen MR) is 274 cm³/mol. The van der Waals surface area contributed by atoms with Crippen molar-refractivity contribution < 1.29 is 4.42 Å². The fourth-order valence-electron chi connectivity index (χ4n) is 10.1. The maximum atomic E-state index is 6.24. The van der Waals surface area contributed by atoms with Crippen molar-refractivity contribution >= 4 is 82.4 Å². The van der Waals surface area contributed by atoms with E-state index in [0.717, 1.165) is 50.3 Å². The van der Waals surface area contributed by atoms with Crippen LogP contribution in [-0.4, -0.2) is 4.57 Å². The van der Waals surface area contributed by atoms with Gasteiger partial charge in [0, 0.05) is 44.3 Å². The fourth-order valence-corrected chi connectivity index (χ4v) is 10.1. The van der Waals surface area contributed by atoms with Crippen LogP contribution in [0.3, 0.4) is 0 Å². The Hall–Kier alpha value is -8.66. The first kappa shape index (κ1) is 36.9. The van der Waals surface area contributed by atoms with Crippen molar-refractivity contribution in [2.45, 2.75) is 0 Å². The molecule has 2 aromatic heterocycles. The van der Waals surface area contributed by atoms with Crippen LogP contribution < -0.4 is 4.90 Å². The molecule has 13 aromatic rings. The lowest BCUT2D eigenvalue weighted by molar-refractivity contribution is 0.669. The number of aromatic nitrogens is 1. The molecule has 0 aliphatic carbocycles. The molecule has 0 aliphatic heterocycles. The molecule has 0 bridgehead atoms. The zero-order valence-corrected chi connectivity index (χ0v) is 35.4. The standard InChI is InChI=1S/C62H40N2O/c1-2-13-41(14-3-1)43-15-10-17-49(38-43)63(48-32-29-42(30-33-48)44-16-11-18-50(39-44)64-58-23-7-4-19-55(58)56-20-5-8-24-59(56)64)51-34-36-53-47(40-51)28-27-45-37-46(31-35-52(45)53)54-22-12-26-61-62(54)57-21-6-9-25-60(57)65-61/h1-40H. The van der Waals surface area contributed by atoms with Crippen LogP contribution >= 0.6 is 0 Å². The van der Waals surface area contributed by atoms with Gasteiger partial charge in [-0.1, -0.05) is 164 Å². The van der Waals surface area contributed by atoms with Crippen molar-refractivity contribution in [2.24, 2.45) is 0 Å². The Morgan fingerprint density at radius 2 is 0.862 bits per heavy atom. The molecule has 0 saturated carbocycles. The molecule has 65 heavy (non-hydrogen) atoms. The number of hydrogen-bond donors (Lipinski definition) is 0. The molecular weight excluding hydrogens is 789 g/mol. The normalized spacial score (nSPS) is 11.7. The van der Waals surface area contributed by atoms with E-state index in [1.807, 2.05) is 12.1 Å². The number of para-hydroxylation sites is 3. The van der Waals surface area contributed by atoms with Crippen LogP contribution in [0, 0.1) is 0 Å². The maximum absolute atomic E-state index is 6.24. The van der Waals surface area contributed by atoms with E-state index in [2.05, 4.69) is 240 Å². The molecule has 3 nitrogen and oxygen atoms in total. The van der Waals surface area contributed by atoms with Crippen LogP contribution in [0.2, 0.25) is 0 Å². The van der Waals surface area contributed by atoms with Gasteiger partial charge in [-0.05, 0) is 134 Å². The molecular formula is C62H40N2O. The molecule has 0 atom stereocenters. The van der Waals surface area contributed by atoms with Crippen molar-refractivity contribution in [1.29, 1.82) is 0 Å². The van der Waals surface area contributed by atoms with E-state index in [0.29, 0.717) is 0 Å². The van der Waals surface area contributed by atoms with E-state index in [9.17, 15) is 0 Å². The molecule has 0 radical (unpaired) electrons. The predicted octanol–water partition coefficient (Wildman–Crippen LogP) is 17.5. The monoisotopic (exact) mass is 828 g/mol. The SMILES string of the molecule is c1ccc(-c2cccc(N(c3ccc(-c4cccc(-n5c6ccccc6c6ccccc65)c4)cc3)c3ccc4c(ccc5cc(-c6cccc7oc8ccccc8c67)ccc54)c3)c2)cc1. The highest BCUT2D eigenvalue weighted by Gasteiger charge is 2.18. The summed E-state index contributed by atoms with van der Waals surface area (Å²) in [7, 11) is 0. The van der Waals surface area contributed by atoms with E-state index in [4.69, 9.17) is 4.42 Å². The van der Waals surface area contributed by atoms with Crippen LogP contribution in [0.5, 0.6) is 0 Å². The first-order chi connectivity index (χ1) is 32.2. The molecule has 0 unspecified atom stereocenters. The molecule has 0 N–H and O–H groups in total. The highest BCUT2D eigenvalue weighted by Crippen LogP contribution is 2.42. The van der Waals surface area contributed by atoms with Crippen LogP contribution in [0.4, 0.5) is 17.1 Å². The summed E-state index contributed by atoms with van der Waals surface area (Å²) in [6.07, 6.45) is 0. The lowest BCUT2D eigenvalue weighted by Crippen LogP contribution is -2.10. The quantitative estimate of drug-likeness (QED) is 0.149. The number of hydrogen-bond acceptors (Lipinski definition) is 2. The van der Waals surface area contributed by atoms with Crippen molar-refractivity contribution in [1.82, 2.24) is 4.57 Å². The molecule has 0 fully saturated rings. The smallest absolute Gasteiger partial charge is 0.136 e. The van der Waals surface area contributed by atoms with Gasteiger partial charge in [0.05, 0.1) is 11.0 Å². The zero-order valence-electron chi connectivity index (χ0n) is 35.4. The van der Waals surface area contributed by atoms with Gasteiger partial charge in [-0.3, -0.25) is 0 Å². The van der Waals surface area contributed by atoms with Crippen molar-refractivity contribution in [3.8, 4) is 39.1 Å². The first-order valence-corrected chi connectivity index (χ1v) is 22.2. The molecule has 0 saturated heterocycles. The lowest BCUT2D eigenvalue weighted by Gasteiger charge is -2.27. The number of anilines is 3. The summed E-state index contributed by atoms with van der Waals surface area (Å²) in [5, 5.41) is 9.67. The summed E-state index contributed by atoms with van der Waals surface area (Å²) < 4.78 is 8.63. The molecule has 0 spiro atoms. The topological polar surface area (TPSA) is 21.3 Å². The minimum absolute atomic E-state index is 0.910. The van der Waals surface area contributed by atoms with Gasteiger partial charge in [0.25, 0.3) is 0 Å². The van der Waals surface area contributed by atoms with Crippen LogP contribution in [0.1, 0.15) is 0 Å². The summed E-state index contributed by atoms with van der Waals surface area (Å²) in [6.45, 7) is 0. The van der Waals surface area contributed by atoms with Gasteiger partial charge in [-0.25, -0.2) is 0 Å². The Morgan fingerprint density at radius 1 is 0.308 bits per heavy atom. The summed E-state index contributed by atoms with van der Waals surface area (Å²) >= 11 is 0. The Bertz CT molecular complexity index is 3900. The second-order valence-electron chi connectivity index (χ2n) is 16.9. The molecule has 304 valence electrons. The van der Waals surface area contributed by atoms with Crippen LogP contribution in [0.15, 0.2) is 247 Å². The maximum Gasteiger partial charge on any atom is 0.136 e. The van der Waals surface area contributed by atoms with E-state index in [-0.39, 0.29) is 0 Å². The number of benzene rings is 11. The van der Waals surface area contributed by atoms with Gasteiger partial charge in [0.15, 0.2) is 0 Å². The van der Waals surface area contributed by atoms with Gasteiger partial charge in [-0.15, -0.1) is 0 Å². The molecule has 11 aromatic carbocycles. The molecule has 13 rings (SSSR count). The average molecular weight is 829 g/mol. The second kappa shape index (κ2) is 15.0. The fraction of sp³-hybridized carbons (Fsp3) is 0. The van der Waals surface area contributed by atoms with Crippen molar-refractivity contribution in [2.75, 3.05) is 4.90 Å². The largest absolute Gasteiger partial charge is 0.456 e. The van der Waals surface area contributed by atoms with Crippen LogP contribution in [-0.2, 0) is 0 Å². The van der Waals surface area contributed by atoms with E-state index in [1.54, 1.807) is 0 Å². The molecule has 0 aliphatic rings. The van der Waals surface area contributed by atoms with E-state index < -0.39 is 0 Å². The molecule has 3 heteroatoms. The number of fused-ring (bicyclic) bond motifs is 9. The van der Waals surface area contributed by atoms with Crippen molar-refractivity contribution in [3.63, 3.8) is 0 Å². The van der Waals surface area contributed by atoms with Gasteiger partial charge in [0.2, 0.25) is 0 Å². The number of furan rings is 1. The zero-order chi connectivity index (χ0) is 42.8. The summed E-state index contributed by atoms with van der Waals surface area (Å²) in [5.74, 6) is 0. The average Bonchev–Trinajstić information content (AvgIpc) is 3.93. The third kappa shape index (κ3) is 6.20.